The summed E-state index contributed by atoms with van der Waals surface area (Å²) < 4.78 is 0. The van der Waals surface area contributed by atoms with Gasteiger partial charge in [0.25, 0.3) is 5.91 Å². The molecule has 9 heteroatoms. The van der Waals surface area contributed by atoms with Crippen molar-refractivity contribution in [2.24, 2.45) is 0 Å². The maximum Gasteiger partial charge on any atom is 0.311 e. The summed E-state index contributed by atoms with van der Waals surface area (Å²) >= 11 is 6.00. The molecule has 2 rings (SSSR count). The number of nitro groups is 1. The van der Waals surface area contributed by atoms with E-state index in [0.29, 0.717) is 10.6 Å². The minimum Gasteiger partial charge on any atom is -0.506 e. The molecule has 146 valence electrons. The molecule has 0 unspecified atom stereocenters. The van der Waals surface area contributed by atoms with E-state index in [4.69, 9.17) is 11.6 Å². The van der Waals surface area contributed by atoms with Gasteiger partial charge in [-0.05, 0) is 24.3 Å². The minimum absolute atomic E-state index is 0.0573. The zero-order valence-electron chi connectivity index (χ0n) is 15.1. The minimum atomic E-state index is -0.851. The molecule has 0 aliphatic rings. The monoisotopic (exact) mass is 411 g/mol. The van der Waals surface area contributed by atoms with Gasteiger partial charge in [-0.2, -0.15) is 5.26 Å². The highest BCUT2D eigenvalue weighted by Gasteiger charge is 2.22. The molecule has 0 fully saturated rings. The number of aliphatic hydroxyl groups excluding tert-OH is 1. The molecule has 2 N–H and O–H groups in total. The molecule has 0 aliphatic heterocycles. The molecule has 29 heavy (non-hydrogen) atoms. The van der Waals surface area contributed by atoms with E-state index < -0.39 is 33.6 Å². The van der Waals surface area contributed by atoms with Gasteiger partial charge in [-0.3, -0.25) is 14.9 Å². The second kappa shape index (κ2) is 9.27. The third-order valence-electron chi connectivity index (χ3n) is 3.77. The number of nitro benzene ring substituents is 1. The maximum atomic E-state index is 12.5. The lowest BCUT2D eigenvalue weighted by atomic mass is 10.1. The Kier molecular flexibility index (Phi) is 6.80. The average molecular weight is 412 g/mol. The fourth-order valence-corrected chi connectivity index (χ4v) is 2.42. The summed E-state index contributed by atoms with van der Waals surface area (Å²) in [6, 6.07) is 11.5. The van der Waals surface area contributed by atoms with E-state index in [9.17, 15) is 30.4 Å². The second-order valence-corrected chi connectivity index (χ2v) is 6.15. The third kappa shape index (κ3) is 5.04. The number of halogens is 1. The second-order valence-electron chi connectivity index (χ2n) is 5.74. The van der Waals surface area contributed by atoms with Gasteiger partial charge in [0, 0.05) is 24.2 Å². The number of carbonyl (C=O) groups excluding carboxylic acids is 1. The van der Waals surface area contributed by atoms with Crippen LogP contribution in [0.15, 0.2) is 48.0 Å². The Morgan fingerprint density at radius 2 is 2.00 bits per heavy atom. The predicted molar refractivity (Wildman–Crippen MR) is 106 cm³/mol. The van der Waals surface area contributed by atoms with Crippen molar-refractivity contribution in [2.45, 2.75) is 0 Å². The Hall–Kier alpha value is -4.01. The van der Waals surface area contributed by atoms with Crippen molar-refractivity contribution < 1.29 is 19.9 Å². The van der Waals surface area contributed by atoms with E-state index in [2.05, 4.69) is 11.8 Å². The normalized spacial score (nSPS) is 10.8. The lowest BCUT2D eigenvalue weighted by molar-refractivity contribution is -0.385. The van der Waals surface area contributed by atoms with Crippen LogP contribution in [0.4, 0.5) is 5.69 Å². The Bertz CT molecular complexity index is 1110. The number of hydrogen-bond acceptors (Lipinski definition) is 6. The molecule has 0 radical (unpaired) electrons. The number of likely N-dealkylation sites (N-methyl/N-ethyl adjacent to an activating group) is 1. The van der Waals surface area contributed by atoms with Crippen LogP contribution in [0.5, 0.6) is 5.75 Å². The molecule has 0 saturated carbocycles. The van der Waals surface area contributed by atoms with Gasteiger partial charge in [0.2, 0.25) is 0 Å². The molecular formula is C20H14ClN3O5. The lowest BCUT2D eigenvalue weighted by Crippen LogP contribution is -2.28. The van der Waals surface area contributed by atoms with Gasteiger partial charge < -0.3 is 15.1 Å². The van der Waals surface area contributed by atoms with Gasteiger partial charge in [-0.15, -0.1) is 0 Å². The summed E-state index contributed by atoms with van der Waals surface area (Å²) in [7, 11) is 1.38. The van der Waals surface area contributed by atoms with Crippen molar-refractivity contribution in [3.8, 4) is 23.7 Å². The molecule has 1 amide bonds. The Labute approximate surface area is 171 Å². The molecular weight excluding hydrogens is 398 g/mol. The first kappa shape index (κ1) is 21.3. The number of carbonyl (C=O) groups is 1. The molecule has 2 aromatic carbocycles. The first-order chi connectivity index (χ1) is 13.8. The summed E-state index contributed by atoms with van der Waals surface area (Å²) in [6.07, 6.45) is 0. The van der Waals surface area contributed by atoms with E-state index >= 15 is 0 Å². The standard InChI is InChI=1S/C20H14ClN3O5/c1-23(10-4-6-13-5-2-3-7-16(13)21)20(27)15(12-22)19(26)14-8-9-18(25)17(11-14)24(28)29/h2-3,5,7-9,11,25-26H,10H2,1H3/b19-15-. The fraction of sp³-hybridized carbons (Fsp3) is 0.100. The molecule has 0 saturated heterocycles. The van der Waals surface area contributed by atoms with E-state index in [-0.39, 0.29) is 12.1 Å². The average Bonchev–Trinajstić information content (AvgIpc) is 2.69. The number of phenolic OH excluding ortho intramolecular Hbond substituents is 1. The number of aromatic hydroxyl groups is 1. The Morgan fingerprint density at radius 3 is 2.62 bits per heavy atom. The molecule has 0 aromatic heterocycles. The molecule has 2 aromatic rings. The van der Waals surface area contributed by atoms with E-state index in [1.165, 1.54) is 7.05 Å². The summed E-state index contributed by atoms with van der Waals surface area (Å²) in [6.45, 7) is -0.0573. The van der Waals surface area contributed by atoms with Crippen LogP contribution in [-0.4, -0.2) is 39.5 Å². The first-order valence-electron chi connectivity index (χ1n) is 8.06. The summed E-state index contributed by atoms with van der Waals surface area (Å²) in [5.74, 6) is 3.37. The maximum absolute atomic E-state index is 12.5. The van der Waals surface area contributed by atoms with Gasteiger partial charge in [-0.25, -0.2) is 0 Å². The summed E-state index contributed by atoms with van der Waals surface area (Å²) in [5, 5.41) is 40.5. The van der Waals surface area contributed by atoms with Crippen LogP contribution in [0.3, 0.4) is 0 Å². The number of nitriles is 1. The number of phenols is 1. The molecule has 0 bridgehead atoms. The highest BCUT2D eigenvalue weighted by molar-refractivity contribution is 6.31. The zero-order valence-corrected chi connectivity index (χ0v) is 15.8. The summed E-state index contributed by atoms with van der Waals surface area (Å²) in [5.41, 5.74) is -0.870. The Balaban J connectivity index is 2.27. The smallest absolute Gasteiger partial charge is 0.311 e. The fourth-order valence-electron chi connectivity index (χ4n) is 2.24. The lowest BCUT2D eigenvalue weighted by Gasteiger charge is -2.14. The van der Waals surface area contributed by atoms with Crippen molar-refractivity contribution in [2.75, 3.05) is 13.6 Å². The number of benzene rings is 2. The van der Waals surface area contributed by atoms with Gasteiger partial charge in [0.1, 0.15) is 11.8 Å². The van der Waals surface area contributed by atoms with Crippen LogP contribution in [0.2, 0.25) is 5.02 Å². The van der Waals surface area contributed by atoms with Gasteiger partial charge in [0.05, 0.1) is 16.5 Å². The SMILES string of the molecule is CN(CC#Cc1ccccc1Cl)C(=O)/C(C#N)=C(\O)c1ccc(O)c([N+](=O)[O-])c1. The number of aliphatic hydroxyl groups is 1. The van der Waals surface area contributed by atoms with Crippen molar-refractivity contribution in [1.29, 1.82) is 5.26 Å². The topological polar surface area (TPSA) is 128 Å². The van der Waals surface area contributed by atoms with Crippen molar-refractivity contribution in [3.63, 3.8) is 0 Å². The highest BCUT2D eigenvalue weighted by Crippen LogP contribution is 2.29. The van der Waals surface area contributed by atoms with Crippen LogP contribution in [0.1, 0.15) is 11.1 Å². The van der Waals surface area contributed by atoms with Crippen molar-refractivity contribution >= 4 is 29.0 Å². The third-order valence-corrected chi connectivity index (χ3v) is 4.10. The van der Waals surface area contributed by atoms with Gasteiger partial charge >= 0.3 is 5.69 Å². The van der Waals surface area contributed by atoms with Crippen molar-refractivity contribution in [3.05, 3.63) is 74.3 Å². The zero-order chi connectivity index (χ0) is 21.6. The largest absolute Gasteiger partial charge is 0.506 e. The molecule has 0 spiro atoms. The van der Waals surface area contributed by atoms with Crippen LogP contribution in [0, 0.1) is 33.3 Å². The Morgan fingerprint density at radius 1 is 1.31 bits per heavy atom. The van der Waals surface area contributed by atoms with Crippen molar-refractivity contribution in [1.82, 2.24) is 4.90 Å². The number of rotatable bonds is 4. The molecule has 8 nitrogen and oxygen atoms in total. The predicted octanol–water partition coefficient (Wildman–Crippen LogP) is 3.26. The summed E-state index contributed by atoms with van der Waals surface area (Å²) in [4.78, 5) is 23.7. The van der Waals surface area contributed by atoms with Crippen LogP contribution in [-0.2, 0) is 4.79 Å². The quantitative estimate of drug-likeness (QED) is 0.198. The van der Waals surface area contributed by atoms with Crippen LogP contribution in [0.25, 0.3) is 5.76 Å². The van der Waals surface area contributed by atoms with E-state index in [1.807, 2.05) is 0 Å². The van der Waals surface area contributed by atoms with E-state index in [0.717, 1.165) is 23.1 Å². The number of amides is 1. The first-order valence-corrected chi connectivity index (χ1v) is 8.44. The molecule has 0 aliphatic carbocycles. The number of hydrogen-bond donors (Lipinski definition) is 2. The van der Waals surface area contributed by atoms with Crippen LogP contribution < -0.4 is 0 Å². The van der Waals surface area contributed by atoms with E-state index in [1.54, 1.807) is 30.3 Å². The molecule has 0 heterocycles. The highest BCUT2D eigenvalue weighted by atomic mass is 35.5. The molecule has 0 atom stereocenters. The van der Waals surface area contributed by atoms with Crippen LogP contribution >= 0.6 is 11.6 Å². The van der Waals surface area contributed by atoms with Gasteiger partial charge in [0.15, 0.2) is 11.3 Å². The van der Waals surface area contributed by atoms with Gasteiger partial charge in [-0.1, -0.05) is 35.6 Å². The number of nitrogens with zero attached hydrogens (tertiary/aromatic N) is 3.